The molecule has 0 saturated carbocycles. The van der Waals surface area contributed by atoms with Crippen LogP contribution in [-0.4, -0.2) is 55.6 Å². The predicted octanol–water partition coefficient (Wildman–Crippen LogP) is 1.58. The van der Waals surface area contributed by atoms with E-state index in [0.29, 0.717) is 17.8 Å². The molecule has 1 amide bonds. The minimum atomic E-state index is -0.102. The average Bonchev–Trinajstić information content (AvgIpc) is 2.49. The minimum Gasteiger partial charge on any atom is -0.349 e. The van der Waals surface area contributed by atoms with E-state index in [-0.39, 0.29) is 5.91 Å². The van der Waals surface area contributed by atoms with Crippen molar-refractivity contribution in [3.05, 3.63) is 40.7 Å². The van der Waals surface area contributed by atoms with Gasteiger partial charge in [0.15, 0.2) is 0 Å². The number of quaternary nitrogens is 1. The van der Waals surface area contributed by atoms with Gasteiger partial charge in [-0.05, 0) is 31.2 Å². The third-order valence-corrected chi connectivity index (χ3v) is 4.08. The fourth-order valence-electron chi connectivity index (χ4n) is 2.02. The fourth-order valence-corrected chi connectivity index (χ4v) is 2.02. The van der Waals surface area contributed by atoms with Crippen LogP contribution in [0, 0.1) is 4.91 Å². The quantitative estimate of drug-likeness (QED) is 0.572. The molecular weight excluding hydrogens is 268 g/mol. The number of nitrogens with zero attached hydrogens (tertiary/aromatic N) is 3. The maximum atomic E-state index is 12.1. The summed E-state index contributed by atoms with van der Waals surface area (Å²) in [5.74, 6) is -0.102. The lowest BCUT2D eigenvalue weighted by Gasteiger charge is -2.32. The van der Waals surface area contributed by atoms with Gasteiger partial charge in [0.1, 0.15) is 0 Å². The summed E-state index contributed by atoms with van der Waals surface area (Å²) in [4.78, 5) is 24.0. The van der Waals surface area contributed by atoms with Crippen LogP contribution in [0.2, 0.25) is 0 Å². The topological polar surface area (TPSA) is 61.8 Å². The second-order valence-corrected chi connectivity index (χ2v) is 5.42. The third kappa shape index (κ3) is 4.82. The van der Waals surface area contributed by atoms with Crippen LogP contribution in [0.15, 0.2) is 41.0 Å². The van der Waals surface area contributed by atoms with Crippen LogP contribution in [0.3, 0.4) is 0 Å². The Morgan fingerprint density at radius 1 is 1.38 bits per heavy atom. The molecule has 0 aromatic carbocycles. The van der Waals surface area contributed by atoms with E-state index in [1.54, 1.807) is 30.3 Å². The zero-order valence-corrected chi connectivity index (χ0v) is 13.3. The molecule has 116 valence electrons. The van der Waals surface area contributed by atoms with Gasteiger partial charge in [0.25, 0.3) is 5.91 Å². The van der Waals surface area contributed by atoms with E-state index in [1.807, 2.05) is 0 Å². The maximum absolute atomic E-state index is 12.1. The summed E-state index contributed by atoms with van der Waals surface area (Å²) in [5, 5.41) is 5.68. The number of rotatable bonds is 7. The molecule has 0 fully saturated rings. The Hall–Kier alpha value is -1.95. The van der Waals surface area contributed by atoms with E-state index in [4.69, 9.17) is 0 Å². The molecule has 0 bridgehead atoms. The molecular formula is C15H25N4O2+. The zero-order valence-electron chi connectivity index (χ0n) is 13.3. The van der Waals surface area contributed by atoms with Crippen molar-refractivity contribution in [2.75, 3.05) is 40.3 Å². The number of nitrogens with one attached hydrogen (secondary N) is 1. The first kappa shape index (κ1) is 17.1. The van der Waals surface area contributed by atoms with Crippen molar-refractivity contribution in [2.24, 2.45) is 5.18 Å². The molecule has 0 radical (unpaired) electrons. The van der Waals surface area contributed by atoms with E-state index in [2.05, 4.69) is 31.4 Å². The highest BCUT2D eigenvalue weighted by molar-refractivity contribution is 5.96. The summed E-state index contributed by atoms with van der Waals surface area (Å²) in [7, 11) is 3.96. The third-order valence-electron chi connectivity index (χ3n) is 4.08. The Labute approximate surface area is 126 Å². The molecule has 1 heterocycles. The van der Waals surface area contributed by atoms with E-state index < -0.39 is 0 Å². The second-order valence-electron chi connectivity index (χ2n) is 5.42. The van der Waals surface area contributed by atoms with Gasteiger partial charge in [0, 0.05) is 13.2 Å². The van der Waals surface area contributed by atoms with Gasteiger partial charge >= 0.3 is 0 Å². The van der Waals surface area contributed by atoms with Gasteiger partial charge in [-0.25, -0.2) is 0 Å². The summed E-state index contributed by atoms with van der Waals surface area (Å²) in [5.41, 5.74) is 1.23. The number of nitroso groups, excluding NO2 is 1. The van der Waals surface area contributed by atoms with Crippen LogP contribution in [0.1, 0.15) is 13.8 Å². The molecule has 0 aromatic rings. The number of likely N-dealkylation sites (N-methyl/N-ethyl adjacent to an activating group) is 2. The standard InChI is InChI=1S/C15H24N4O2/c1-5-19(4,6-2)10-9-16-15(20)13-7-8-14(11-17-21)18(3)12-13/h7-8,11-12H,5-6,9-10H2,1-4H3/p+1/b14-11-. The molecule has 0 unspecified atom stereocenters. The average molecular weight is 293 g/mol. The van der Waals surface area contributed by atoms with Gasteiger partial charge in [0.2, 0.25) is 0 Å². The van der Waals surface area contributed by atoms with Gasteiger partial charge < -0.3 is 14.7 Å². The Morgan fingerprint density at radius 2 is 2.05 bits per heavy atom. The number of carbonyl (C=O) groups is 1. The molecule has 6 nitrogen and oxygen atoms in total. The van der Waals surface area contributed by atoms with Crippen molar-refractivity contribution in [3.63, 3.8) is 0 Å². The van der Waals surface area contributed by atoms with Crippen LogP contribution in [0.4, 0.5) is 0 Å². The van der Waals surface area contributed by atoms with E-state index >= 15 is 0 Å². The normalized spacial score (nSPS) is 16.9. The first-order valence-electron chi connectivity index (χ1n) is 7.23. The van der Waals surface area contributed by atoms with Crippen LogP contribution < -0.4 is 5.32 Å². The molecule has 0 spiro atoms. The molecule has 0 atom stereocenters. The highest BCUT2D eigenvalue weighted by Gasteiger charge is 2.17. The van der Waals surface area contributed by atoms with Gasteiger partial charge in [-0.1, -0.05) is 0 Å². The van der Waals surface area contributed by atoms with Crippen molar-refractivity contribution in [3.8, 4) is 0 Å². The highest BCUT2D eigenvalue weighted by atomic mass is 16.2. The maximum Gasteiger partial charge on any atom is 0.252 e. The highest BCUT2D eigenvalue weighted by Crippen LogP contribution is 2.15. The summed E-state index contributed by atoms with van der Waals surface area (Å²) < 4.78 is 0.937. The van der Waals surface area contributed by atoms with E-state index in [0.717, 1.165) is 24.1 Å². The van der Waals surface area contributed by atoms with Crippen LogP contribution in [-0.2, 0) is 4.79 Å². The predicted molar refractivity (Wildman–Crippen MR) is 84.0 cm³/mol. The molecule has 6 heteroatoms. The van der Waals surface area contributed by atoms with Crippen molar-refractivity contribution in [1.82, 2.24) is 10.2 Å². The first-order valence-corrected chi connectivity index (χ1v) is 7.23. The Morgan fingerprint density at radius 3 is 2.57 bits per heavy atom. The largest absolute Gasteiger partial charge is 0.349 e. The molecule has 1 aliphatic rings. The second kappa shape index (κ2) is 7.73. The van der Waals surface area contributed by atoms with Gasteiger partial charge in [-0.2, -0.15) is 0 Å². The summed E-state index contributed by atoms with van der Waals surface area (Å²) in [6, 6.07) is 0. The lowest BCUT2D eigenvalue weighted by Crippen LogP contribution is -2.48. The smallest absolute Gasteiger partial charge is 0.252 e. The molecule has 0 saturated heterocycles. The lowest BCUT2D eigenvalue weighted by molar-refractivity contribution is -0.904. The van der Waals surface area contributed by atoms with Crippen molar-refractivity contribution < 1.29 is 9.28 Å². The monoisotopic (exact) mass is 293 g/mol. The van der Waals surface area contributed by atoms with E-state index in [1.165, 1.54) is 6.20 Å². The summed E-state index contributed by atoms with van der Waals surface area (Å²) in [6.45, 7) is 7.95. The number of amides is 1. The molecule has 0 aliphatic carbocycles. The number of allylic oxidation sites excluding steroid dienone is 1. The summed E-state index contributed by atoms with van der Waals surface area (Å²) >= 11 is 0. The van der Waals surface area contributed by atoms with E-state index in [9.17, 15) is 9.70 Å². The van der Waals surface area contributed by atoms with Gasteiger partial charge in [0.05, 0.1) is 50.7 Å². The van der Waals surface area contributed by atoms with Crippen LogP contribution in [0.25, 0.3) is 0 Å². The van der Waals surface area contributed by atoms with Crippen LogP contribution in [0.5, 0.6) is 0 Å². The minimum absolute atomic E-state index is 0.102. The fraction of sp³-hybridized carbons (Fsp3) is 0.533. The zero-order chi connectivity index (χ0) is 15.9. The molecule has 21 heavy (non-hydrogen) atoms. The number of hydrogen-bond donors (Lipinski definition) is 1. The Balaban J connectivity index is 2.55. The molecule has 0 aromatic heterocycles. The molecule has 1 N–H and O–H groups in total. The Bertz CT molecular complexity index is 476. The first-order chi connectivity index (χ1) is 9.95. The summed E-state index contributed by atoms with van der Waals surface area (Å²) in [6.07, 6.45) is 6.31. The van der Waals surface area contributed by atoms with Crippen molar-refractivity contribution in [2.45, 2.75) is 13.8 Å². The van der Waals surface area contributed by atoms with Gasteiger partial charge in [-0.3, -0.25) is 4.79 Å². The van der Waals surface area contributed by atoms with Crippen molar-refractivity contribution in [1.29, 1.82) is 0 Å². The lowest BCUT2D eigenvalue weighted by atomic mass is 10.1. The molecule has 1 aliphatic heterocycles. The SMILES string of the molecule is CC[N+](C)(CC)CCNC(=O)C1=CN(C)/C(=C\N=O)C=C1. The molecule has 1 rings (SSSR count). The number of hydrogen-bond acceptors (Lipinski definition) is 4. The van der Waals surface area contributed by atoms with Crippen LogP contribution >= 0.6 is 0 Å². The van der Waals surface area contributed by atoms with Crippen molar-refractivity contribution >= 4 is 5.91 Å². The van der Waals surface area contributed by atoms with Gasteiger partial charge in [-0.15, -0.1) is 4.91 Å². The number of carbonyl (C=O) groups excluding carboxylic acids is 1. The Kier molecular flexibility index (Phi) is 6.30.